The van der Waals surface area contributed by atoms with Gasteiger partial charge in [0.25, 0.3) is 0 Å². The van der Waals surface area contributed by atoms with E-state index in [-0.39, 0.29) is 11.9 Å². The van der Waals surface area contributed by atoms with Crippen molar-refractivity contribution in [2.45, 2.75) is 32.4 Å². The van der Waals surface area contributed by atoms with Gasteiger partial charge in [-0.3, -0.25) is 9.67 Å². The molecule has 1 aromatic carbocycles. The summed E-state index contributed by atoms with van der Waals surface area (Å²) in [6.45, 7) is 5.36. The smallest absolute Gasteiger partial charge is 0.191 e. The maximum absolute atomic E-state index is 13.5. The van der Waals surface area contributed by atoms with Gasteiger partial charge in [-0.15, -0.1) is 0 Å². The van der Waals surface area contributed by atoms with Crippen LogP contribution in [0.2, 0.25) is 0 Å². The number of rotatable bonds is 5. The van der Waals surface area contributed by atoms with Crippen molar-refractivity contribution < 1.29 is 4.39 Å². The normalized spacial score (nSPS) is 18.0. The predicted octanol–water partition coefficient (Wildman–Crippen LogP) is 2.16. The van der Waals surface area contributed by atoms with E-state index >= 15 is 0 Å². The first kappa shape index (κ1) is 18.2. The molecule has 7 heteroatoms. The average molecular weight is 358 g/mol. The molecule has 1 aromatic heterocycles. The maximum atomic E-state index is 13.5. The number of aromatic nitrogens is 2. The zero-order valence-corrected chi connectivity index (χ0v) is 15.5. The zero-order valence-electron chi connectivity index (χ0n) is 15.5. The SMILES string of the molecule is CN=C(NCCn1cc(C)cn1)NC1CCCN(c2cccc(F)c2)C1. The van der Waals surface area contributed by atoms with E-state index in [1.54, 1.807) is 19.2 Å². The first-order valence-corrected chi connectivity index (χ1v) is 9.11. The average Bonchev–Trinajstić information content (AvgIpc) is 3.06. The Morgan fingerprint density at radius 1 is 1.42 bits per heavy atom. The molecule has 1 aliphatic rings. The number of aliphatic imine (C=N–C) groups is 1. The number of halogens is 1. The van der Waals surface area contributed by atoms with E-state index in [0.717, 1.165) is 56.2 Å². The highest BCUT2D eigenvalue weighted by atomic mass is 19.1. The van der Waals surface area contributed by atoms with Crippen LogP contribution >= 0.6 is 0 Å². The fourth-order valence-electron chi connectivity index (χ4n) is 3.27. The van der Waals surface area contributed by atoms with Crippen LogP contribution in [0.1, 0.15) is 18.4 Å². The quantitative estimate of drug-likeness (QED) is 0.635. The van der Waals surface area contributed by atoms with Crippen molar-refractivity contribution >= 4 is 11.6 Å². The fraction of sp³-hybridized carbons (Fsp3) is 0.474. The van der Waals surface area contributed by atoms with Gasteiger partial charge in [0, 0.05) is 44.6 Å². The number of piperidine rings is 1. The van der Waals surface area contributed by atoms with Gasteiger partial charge in [-0.25, -0.2) is 4.39 Å². The number of anilines is 1. The highest BCUT2D eigenvalue weighted by Gasteiger charge is 2.21. The van der Waals surface area contributed by atoms with Crippen molar-refractivity contribution in [2.75, 3.05) is 31.6 Å². The van der Waals surface area contributed by atoms with Gasteiger partial charge in [-0.1, -0.05) is 6.07 Å². The minimum Gasteiger partial charge on any atom is -0.369 e. The standard InChI is InChI=1S/C19H27FN6/c1-15-12-23-26(13-15)10-8-22-19(21-2)24-17-6-4-9-25(14-17)18-7-3-5-16(20)11-18/h3,5,7,11-13,17H,4,6,8-10,14H2,1-2H3,(H2,21,22,24). The molecule has 1 atom stereocenters. The number of nitrogens with zero attached hydrogens (tertiary/aromatic N) is 4. The Morgan fingerprint density at radius 2 is 2.31 bits per heavy atom. The van der Waals surface area contributed by atoms with Crippen molar-refractivity contribution in [3.63, 3.8) is 0 Å². The van der Waals surface area contributed by atoms with Crippen molar-refractivity contribution in [3.05, 3.63) is 48.0 Å². The summed E-state index contributed by atoms with van der Waals surface area (Å²) >= 11 is 0. The van der Waals surface area contributed by atoms with E-state index in [0.29, 0.717) is 0 Å². The minimum atomic E-state index is -0.191. The number of hydrogen-bond acceptors (Lipinski definition) is 3. The van der Waals surface area contributed by atoms with Gasteiger partial charge in [-0.2, -0.15) is 5.10 Å². The first-order valence-electron chi connectivity index (χ1n) is 9.11. The van der Waals surface area contributed by atoms with Gasteiger partial charge in [0.2, 0.25) is 0 Å². The fourth-order valence-corrected chi connectivity index (χ4v) is 3.27. The first-order chi connectivity index (χ1) is 12.6. The topological polar surface area (TPSA) is 57.5 Å². The van der Waals surface area contributed by atoms with E-state index in [2.05, 4.69) is 25.6 Å². The molecule has 26 heavy (non-hydrogen) atoms. The van der Waals surface area contributed by atoms with Crippen LogP contribution in [0.4, 0.5) is 10.1 Å². The Morgan fingerprint density at radius 3 is 3.04 bits per heavy atom. The lowest BCUT2D eigenvalue weighted by atomic mass is 10.0. The zero-order chi connectivity index (χ0) is 18.4. The van der Waals surface area contributed by atoms with E-state index in [9.17, 15) is 4.39 Å². The molecular weight excluding hydrogens is 331 g/mol. The van der Waals surface area contributed by atoms with Crippen LogP contribution in [0.15, 0.2) is 41.7 Å². The van der Waals surface area contributed by atoms with Gasteiger partial charge in [0.05, 0.1) is 12.7 Å². The van der Waals surface area contributed by atoms with Gasteiger partial charge >= 0.3 is 0 Å². The predicted molar refractivity (Wildman–Crippen MR) is 103 cm³/mol. The lowest BCUT2D eigenvalue weighted by Crippen LogP contribution is -2.51. The molecule has 0 saturated carbocycles. The highest BCUT2D eigenvalue weighted by molar-refractivity contribution is 5.80. The summed E-state index contributed by atoms with van der Waals surface area (Å²) in [5.41, 5.74) is 2.10. The molecule has 2 aromatic rings. The maximum Gasteiger partial charge on any atom is 0.191 e. The highest BCUT2D eigenvalue weighted by Crippen LogP contribution is 2.20. The molecular formula is C19H27FN6. The summed E-state index contributed by atoms with van der Waals surface area (Å²) in [7, 11) is 1.78. The molecule has 1 aliphatic heterocycles. The number of benzene rings is 1. The number of guanidine groups is 1. The van der Waals surface area contributed by atoms with Crippen LogP contribution < -0.4 is 15.5 Å². The van der Waals surface area contributed by atoms with Crippen molar-refractivity contribution in [2.24, 2.45) is 4.99 Å². The van der Waals surface area contributed by atoms with E-state index < -0.39 is 0 Å². The molecule has 2 N–H and O–H groups in total. The summed E-state index contributed by atoms with van der Waals surface area (Å²) in [5.74, 6) is 0.601. The number of nitrogens with one attached hydrogen (secondary N) is 2. The van der Waals surface area contributed by atoms with Gasteiger partial charge < -0.3 is 15.5 Å². The third kappa shape index (κ3) is 4.97. The molecule has 1 fully saturated rings. The van der Waals surface area contributed by atoms with Gasteiger partial charge in [0.1, 0.15) is 5.82 Å². The van der Waals surface area contributed by atoms with Crippen LogP contribution in [0.3, 0.4) is 0 Å². The molecule has 0 bridgehead atoms. The Labute approximate surface area is 154 Å². The van der Waals surface area contributed by atoms with Crippen molar-refractivity contribution in [3.8, 4) is 0 Å². The Bertz CT molecular complexity index is 741. The summed E-state index contributed by atoms with van der Waals surface area (Å²) in [5, 5.41) is 11.1. The molecule has 1 unspecified atom stereocenters. The second-order valence-corrected chi connectivity index (χ2v) is 6.69. The molecule has 2 heterocycles. The third-order valence-corrected chi connectivity index (χ3v) is 4.55. The summed E-state index contributed by atoms with van der Waals surface area (Å²) in [4.78, 5) is 6.54. The third-order valence-electron chi connectivity index (χ3n) is 4.55. The second kappa shape index (κ2) is 8.69. The van der Waals surface area contributed by atoms with E-state index in [4.69, 9.17) is 0 Å². The van der Waals surface area contributed by atoms with Crippen LogP contribution in [0.25, 0.3) is 0 Å². The molecule has 140 valence electrons. The monoisotopic (exact) mass is 358 g/mol. The second-order valence-electron chi connectivity index (χ2n) is 6.69. The van der Waals surface area contributed by atoms with Crippen molar-refractivity contribution in [1.29, 1.82) is 0 Å². The molecule has 0 aliphatic carbocycles. The Hall–Kier alpha value is -2.57. The van der Waals surface area contributed by atoms with Gasteiger partial charge in [-0.05, 0) is 43.5 Å². The van der Waals surface area contributed by atoms with Crippen molar-refractivity contribution in [1.82, 2.24) is 20.4 Å². The van der Waals surface area contributed by atoms with Crippen LogP contribution in [0, 0.1) is 12.7 Å². The Kier molecular flexibility index (Phi) is 6.09. The summed E-state index contributed by atoms with van der Waals surface area (Å²) < 4.78 is 15.4. The van der Waals surface area contributed by atoms with Gasteiger partial charge in [0.15, 0.2) is 5.96 Å². The lowest BCUT2D eigenvalue weighted by Gasteiger charge is -2.35. The largest absolute Gasteiger partial charge is 0.369 e. The van der Waals surface area contributed by atoms with E-state index in [1.807, 2.05) is 30.1 Å². The van der Waals surface area contributed by atoms with Crippen LogP contribution in [-0.4, -0.2) is 48.5 Å². The van der Waals surface area contributed by atoms with Crippen LogP contribution in [0.5, 0.6) is 0 Å². The molecule has 0 radical (unpaired) electrons. The molecule has 3 rings (SSSR count). The summed E-state index contributed by atoms with van der Waals surface area (Å²) in [6.07, 6.45) is 6.02. The lowest BCUT2D eigenvalue weighted by molar-refractivity contribution is 0.466. The summed E-state index contributed by atoms with van der Waals surface area (Å²) in [6, 6.07) is 7.09. The minimum absolute atomic E-state index is 0.191. The molecule has 0 spiro atoms. The van der Waals surface area contributed by atoms with Crippen LogP contribution in [-0.2, 0) is 6.54 Å². The molecule has 6 nitrogen and oxygen atoms in total. The molecule has 0 amide bonds. The van der Waals surface area contributed by atoms with E-state index in [1.165, 1.54) is 6.07 Å². The Balaban J connectivity index is 1.49. The molecule has 1 saturated heterocycles. The number of hydrogen-bond donors (Lipinski definition) is 2. The number of aryl methyl sites for hydroxylation is 1.